The summed E-state index contributed by atoms with van der Waals surface area (Å²) in [6.07, 6.45) is 3.48. The molecular formula is C13H21N5. The van der Waals surface area contributed by atoms with Crippen molar-refractivity contribution in [2.24, 2.45) is 11.3 Å². The van der Waals surface area contributed by atoms with Crippen LogP contribution >= 0.6 is 0 Å². The molecule has 0 aliphatic carbocycles. The summed E-state index contributed by atoms with van der Waals surface area (Å²) in [5, 5.41) is 12.1. The van der Waals surface area contributed by atoms with Crippen molar-refractivity contribution >= 4 is 11.6 Å². The van der Waals surface area contributed by atoms with Crippen LogP contribution in [0.2, 0.25) is 0 Å². The zero-order chi connectivity index (χ0) is 13.8. The van der Waals surface area contributed by atoms with E-state index in [-0.39, 0.29) is 5.41 Å². The number of nitriles is 1. The fourth-order valence-electron chi connectivity index (χ4n) is 1.20. The summed E-state index contributed by atoms with van der Waals surface area (Å²) < 4.78 is 0. The molecule has 5 heteroatoms. The summed E-state index contributed by atoms with van der Waals surface area (Å²) >= 11 is 0. The van der Waals surface area contributed by atoms with Crippen molar-refractivity contribution in [1.82, 2.24) is 9.97 Å². The molecule has 5 nitrogen and oxygen atoms in total. The molecule has 1 rings (SSSR count). The van der Waals surface area contributed by atoms with Crippen molar-refractivity contribution in [1.29, 1.82) is 5.26 Å². The van der Waals surface area contributed by atoms with Gasteiger partial charge in [0.1, 0.15) is 18.0 Å². The van der Waals surface area contributed by atoms with Crippen molar-refractivity contribution in [3.63, 3.8) is 0 Å². The lowest BCUT2D eigenvalue weighted by Gasteiger charge is -2.29. The molecule has 0 atom stereocenters. The Morgan fingerprint density at radius 1 is 1.44 bits per heavy atom. The first kappa shape index (κ1) is 14.2. The van der Waals surface area contributed by atoms with E-state index in [0.29, 0.717) is 11.7 Å². The van der Waals surface area contributed by atoms with Crippen LogP contribution in [0.15, 0.2) is 12.4 Å². The summed E-state index contributed by atoms with van der Waals surface area (Å²) in [6.45, 7) is 9.67. The molecule has 0 bridgehead atoms. The first-order valence-corrected chi connectivity index (χ1v) is 6.06. The van der Waals surface area contributed by atoms with Gasteiger partial charge in [-0.25, -0.2) is 9.97 Å². The number of hydrogen-bond donors (Lipinski definition) is 1. The van der Waals surface area contributed by atoms with Gasteiger partial charge in [-0.3, -0.25) is 4.90 Å². The van der Waals surface area contributed by atoms with E-state index in [1.807, 2.05) is 6.19 Å². The third-order valence-corrected chi connectivity index (χ3v) is 3.43. The van der Waals surface area contributed by atoms with Gasteiger partial charge in [0.15, 0.2) is 6.19 Å². The highest BCUT2D eigenvalue weighted by atomic mass is 15.2. The Labute approximate surface area is 109 Å². The van der Waals surface area contributed by atoms with E-state index in [0.717, 1.165) is 12.4 Å². The van der Waals surface area contributed by atoms with Crippen molar-refractivity contribution in [3.8, 4) is 6.19 Å². The van der Waals surface area contributed by atoms with E-state index >= 15 is 0 Å². The number of nitrogens with one attached hydrogen (secondary N) is 1. The first-order valence-electron chi connectivity index (χ1n) is 6.06. The first-order chi connectivity index (χ1) is 8.36. The number of hydrogen-bond acceptors (Lipinski definition) is 5. The van der Waals surface area contributed by atoms with Gasteiger partial charge in [0.05, 0.1) is 0 Å². The average molecular weight is 247 g/mol. The van der Waals surface area contributed by atoms with Gasteiger partial charge in [0.2, 0.25) is 0 Å². The predicted octanol–water partition coefficient (Wildman–Crippen LogP) is 2.49. The van der Waals surface area contributed by atoms with Gasteiger partial charge < -0.3 is 5.32 Å². The van der Waals surface area contributed by atoms with E-state index in [1.54, 1.807) is 13.1 Å². The third kappa shape index (κ3) is 3.59. The minimum Gasteiger partial charge on any atom is -0.369 e. The molecule has 18 heavy (non-hydrogen) atoms. The molecule has 0 spiro atoms. The van der Waals surface area contributed by atoms with Gasteiger partial charge in [0, 0.05) is 19.7 Å². The Hall–Kier alpha value is -1.83. The average Bonchev–Trinajstić information content (AvgIpc) is 2.35. The van der Waals surface area contributed by atoms with Crippen LogP contribution in [0.4, 0.5) is 11.6 Å². The lowest BCUT2D eigenvalue weighted by atomic mass is 9.81. The van der Waals surface area contributed by atoms with Crippen molar-refractivity contribution < 1.29 is 0 Å². The molecule has 0 unspecified atom stereocenters. The highest BCUT2D eigenvalue weighted by molar-refractivity contribution is 5.50. The van der Waals surface area contributed by atoms with Crippen LogP contribution in [0.25, 0.3) is 0 Å². The van der Waals surface area contributed by atoms with Gasteiger partial charge in [0.25, 0.3) is 0 Å². The van der Waals surface area contributed by atoms with Crippen LogP contribution in [0.5, 0.6) is 0 Å². The lowest BCUT2D eigenvalue weighted by molar-refractivity contribution is 0.269. The molecule has 0 aliphatic rings. The molecule has 1 aromatic rings. The van der Waals surface area contributed by atoms with Crippen LogP contribution in [0.1, 0.15) is 27.7 Å². The summed E-state index contributed by atoms with van der Waals surface area (Å²) in [6, 6.07) is 1.78. The second-order valence-corrected chi connectivity index (χ2v) is 5.42. The quantitative estimate of drug-likeness (QED) is 0.639. The van der Waals surface area contributed by atoms with Crippen LogP contribution in [-0.2, 0) is 0 Å². The summed E-state index contributed by atoms with van der Waals surface area (Å²) in [5.74, 6) is 1.92. The van der Waals surface area contributed by atoms with Crippen molar-refractivity contribution in [3.05, 3.63) is 12.4 Å². The second kappa shape index (κ2) is 5.67. The maximum atomic E-state index is 8.81. The smallest absolute Gasteiger partial charge is 0.185 e. The summed E-state index contributed by atoms with van der Waals surface area (Å²) in [7, 11) is 1.67. The molecule has 0 aromatic carbocycles. The molecule has 0 saturated heterocycles. The number of rotatable bonds is 5. The Morgan fingerprint density at radius 3 is 2.67 bits per heavy atom. The molecular weight excluding hydrogens is 226 g/mol. The zero-order valence-electron chi connectivity index (χ0n) is 11.7. The van der Waals surface area contributed by atoms with Crippen LogP contribution in [-0.4, -0.2) is 23.6 Å². The maximum Gasteiger partial charge on any atom is 0.185 e. The Bertz CT molecular complexity index is 433. The molecule has 0 aliphatic heterocycles. The zero-order valence-corrected chi connectivity index (χ0v) is 11.7. The molecule has 0 amide bonds. The van der Waals surface area contributed by atoms with Crippen LogP contribution in [0.3, 0.4) is 0 Å². The van der Waals surface area contributed by atoms with E-state index in [4.69, 9.17) is 5.26 Å². The lowest BCUT2D eigenvalue weighted by Crippen LogP contribution is -2.28. The summed E-state index contributed by atoms with van der Waals surface area (Å²) in [4.78, 5) is 9.61. The molecule has 1 N–H and O–H groups in total. The Kier molecular flexibility index (Phi) is 4.49. The molecule has 0 saturated carbocycles. The fourth-order valence-corrected chi connectivity index (χ4v) is 1.20. The minimum atomic E-state index is 0.187. The van der Waals surface area contributed by atoms with Gasteiger partial charge in [-0.2, -0.15) is 5.26 Å². The molecule has 1 aromatic heterocycles. The summed E-state index contributed by atoms with van der Waals surface area (Å²) in [5.41, 5.74) is 0.187. The Balaban J connectivity index is 2.72. The minimum absolute atomic E-state index is 0.187. The number of anilines is 2. The number of nitrogens with zero attached hydrogens (tertiary/aromatic N) is 4. The molecule has 0 radical (unpaired) electrons. The van der Waals surface area contributed by atoms with E-state index in [2.05, 4.69) is 43.0 Å². The standard InChI is InChI=1S/C13H21N5/c1-10(2)13(3,4)7-15-11-6-12(17-9-16-11)18(5)8-14/h6,9-10H,7H2,1-5H3,(H,15,16,17). The fraction of sp³-hybridized carbons (Fsp3) is 0.615. The topological polar surface area (TPSA) is 64.8 Å². The van der Waals surface area contributed by atoms with Crippen molar-refractivity contribution in [2.45, 2.75) is 27.7 Å². The molecule has 98 valence electrons. The largest absolute Gasteiger partial charge is 0.369 e. The normalized spacial score (nSPS) is 11.2. The third-order valence-electron chi connectivity index (χ3n) is 3.43. The SMILES string of the molecule is CC(C)C(C)(C)CNc1cc(N(C)C#N)ncn1. The van der Waals surface area contributed by atoms with Gasteiger partial charge in [-0.1, -0.05) is 27.7 Å². The maximum absolute atomic E-state index is 8.81. The van der Waals surface area contributed by atoms with E-state index < -0.39 is 0 Å². The van der Waals surface area contributed by atoms with Gasteiger partial charge >= 0.3 is 0 Å². The monoisotopic (exact) mass is 247 g/mol. The molecule has 0 fully saturated rings. The van der Waals surface area contributed by atoms with Gasteiger partial charge in [-0.15, -0.1) is 0 Å². The Morgan fingerprint density at radius 2 is 2.11 bits per heavy atom. The molecule has 1 heterocycles. The van der Waals surface area contributed by atoms with E-state index in [9.17, 15) is 0 Å². The second-order valence-electron chi connectivity index (χ2n) is 5.42. The van der Waals surface area contributed by atoms with E-state index in [1.165, 1.54) is 11.2 Å². The van der Waals surface area contributed by atoms with Gasteiger partial charge in [-0.05, 0) is 11.3 Å². The highest BCUT2D eigenvalue weighted by Gasteiger charge is 2.22. The van der Waals surface area contributed by atoms with Crippen LogP contribution < -0.4 is 10.2 Å². The van der Waals surface area contributed by atoms with Crippen molar-refractivity contribution in [2.75, 3.05) is 23.8 Å². The number of aromatic nitrogens is 2. The highest BCUT2D eigenvalue weighted by Crippen LogP contribution is 2.26. The predicted molar refractivity (Wildman–Crippen MR) is 73.2 cm³/mol. The van der Waals surface area contributed by atoms with Crippen LogP contribution in [0, 0.1) is 22.8 Å².